The van der Waals surface area contributed by atoms with Crippen LogP contribution >= 0.6 is 15.9 Å². The van der Waals surface area contributed by atoms with Gasteiger partial charge in [-0.3, -0.25) is 4.79 Å². The molecule has 0 atom stereocenters. The molecule has 0 saturated carbocycles. The molecule has 4 nitrogen and oxygen atoms in total. The van der Waals surface area contributed by atoms with Crippen LogP contribution in [0.25, 0.3) is 11.0 Å². The molecule has 0 aliphatic rings. The van der Waals surface area contributed by atoms with E-state index in [0.717, 1.165) is 22.0 Å². The molecule has 148 valence electrons. The van der Waals surface area contributed by atoms with E-state index in [-0.39, 0.29) is 25.4 Å². The number of halogens is 4. The average molecular weight is 457 g/mol. The normalized spacial score (nSPS) is 11.6. The first-order valence-corrected chi connectivity index (χ1v) is 9.21. The van der Waals surface area contributed by atoms with E-state index >= 15 is 0 Å². The van der Waals surface area contributed by atoms with Crippen LogP contribution in [0.15, 0.2) is 51.6 Å². The lowest BCUT2D eigenvalue weighted by Gasteiger charge is -2.14. The number of benzene rings is 2. The van der Waals surface area contributed by atoms with E-state index in [2.05, 4.69) is 15.9 Å². The highest BCUT2D eigenvalue weighted by atomic mass is 79.9. The van der Waals surface area contributed by atoms with E-state index in [1.807, 2.05) is 12.1 Å². The van der Waals surface area contributed by atoms with Gasteiger partial charge in [-0.05, 0) is 37.3 Å². The molecular formula is C20H16BrF3O4. The summed E-state index contributed by atoms with van der Waals surface area (Å²) in [4.78, 5) is 11.8. The monoisotopic (exact) mass is 456 g/mol. The number of carbonyl (C=O) groups is 1. The van der Waals surface area contributed by atoms with Gasteiger partial charge in [-0.2, -0.15) is 13.2 Å². The molecule has 28 heavy (non-hydrogen) atoms. The summed E-state index contributed by atoms with van der Waals surface area (Å²) in [6, 6.07) is 8.49. The lowest BCUT2D eigenvalue weighted by Crippen LogP contribution is -2.11. The Morgan fingerprint density at radius 2 is 1.93 bits per heavy atom. The first-order valence-electron chi connectivity index (χ1n) is 8.42. The summed E-state index contributed by atoms with van der Waals surface area (Å²) in [7, 11) is 0. The fourth-order valence-electron chi connectivity index (χ4n) is 2.70. The number of alkyl halides is 3. The zero-order valence-corrected chi connectivity index (χ0v) is 16.4. The summed E-state index contributed by atoms with van der Waals surface area (Å²) in [6.45, 7) is 1.83. The van der Waals surface area contributed by atoms with Crippen LogP contribution in [0.4, 0.5) is 13.2 Å². The zero-order chi connectivity index (χ0) is 20.3. The highest BCUT2D eigenvalue weighted by Crippen LogP contribution is 2.34. The average Bonchev–Trinajstić information content (AvgIpc) is 3.02. The van der Waals surface area contributed by atoms with Crippen molar-refractivity contribution in [2.24, 2.45) is 0 Å². The highest BCUT2D eigenvalue weighted by Gasteiger charge is 2.31. The van der Waals surface area contributed by atoms with Crippen LogP contribution in [0.3, 0.4) is 0 Å². The van der Waals surface area contributed by atoms with Crippen LogP contribution in [0, 0.1) is 0 Å². The highest BCUT2D eigenvalue weighted by molar-refractivity contribution is 9.10. The van der Waals surface area contributed by atoms with Crippen LogP contribution in [0.5, 0.6) is 5.75 Å². The maximum Gasteiger partial charge on any atom is 0.416 e. The number of fused-ring (bicyclic) bond motifs is 1. The van der Waals surface area contributed by atoms with Gasteiger partial charge in [0.2, 0.25) is 0 Å². The van der Waals surface area contributed by atoms with Crippen molar-refractivity contribution >= 4 is 32.9 Å². The van der Waals surface area contributed by atoms with Crippen molar-refractivity contribution in [1.29, 1.82) is 0 Å². The van der Waals surface area contributed by atoms with Gasteiger partial charge in [-0.15, -0.1) is 0 Å². The fourth-order valence-corrected chi connectivity index (χ4v) is 3.06. The Morgan fingerprint density at radius 3 is 2.64 bits per heavy atom. The molecule has 0 amide bonds. The Balaban J connectivity index is 1.89. The van der Waals surface area contributed by atoms with Crippen molar-refractivity contribution in [2.75, 3.05) is 6.61 Å². The number of hydrogen-bond acceptors (Lipinski definition) is 4. The zero-order valence-electron chi connectivity index (χ0n) is 14.8. The van der Waals surface area contributed by atoms with E-state index in [1.165, 1.54) is 12.3 Å². The third kappa shape index (κ3) is 4.67. The number of hydrogen-bond donors (Lipinski definition) is 0. The number of ether oxygens (including phenoxy) is 2. The molecule has 8 heteroatoms. The molecule has 2 aromatic carbocycles. The molecule has 0 spiro atoms. The van der Waals surface area contributed by atoms with Gasteiger partial charge in [-0.25, -0.2) is 0 Å². The van der Waals surface area contributed by atoms with Gasteiger partial charge in [0.25, 0.3) is 0 Å². The molecule has 0 unspecified atom stereocenters. The summed E-state index contributed by atoms with van der Waals surface area (Å²) in [6.07, 6.45) is -3.21. The van der Waals surface area contributed by atoms with Crippen molar-refractivity contribution < 1.29 is 31.9 Å². The standard InChI is InChI=1S/C20H16BrF3O4/c1-2-26-19(25)7-12-3-4-14(20(22,23)24)8-18(12)28-11-13-10-27-17-6-5-15(21)9-16(13)17/h3-6,8-10H,2,7,11H2,1H3. The fraction of sp³-hybridized carbons (Fsp3) is 0.250. The molecule has 3 aromatic rings. The first-order chi connectivity index (χ1) is 13.3. The predicted molar refractivity (Wildman–Crippen MR) is 100 cm³/mol. The third-order valence-electron chi connectivity index (χ3n) is 4.03. The molecule has 0 bridgehead atoms. The SMILES string of the molecule is CCOC(=O)Cc1ccc(C(F)(F)F)cc1OCc1coc2ccc(Br)cc12. The van der Waals surface area contributed by atoms with E-state index in [9.17, 15) is 18.0 Å². The van der Waals surface area contributed by atoms with Crippen LogP contribution < -0.4 is 4.74 Å². The predicted octanol–water partition coefficient (Wildman–Crippen LogP) is 5.90. The second kappa shape index (κ2) is 8.26. The van der Waals surface area contributed by atoms with Gasteiger partial charge in [0.1, 0.15) is 17.9 Å². The van der Waals surface area contributed by atoms with E-state index in [1.54, 1.807) is 13.0 Å². The van der Waals surface area contributed by atoms with Crippen molar-refractivity contribution in [2.45, 2.75) is 26.1 Å². The molecule has 3 rings (SSSR count). The van der Waals surface area contributed by atoms with Crippen molar-refractivity contribution in [1.82, 2.24) is 0 Å². The first kappa shape index (κ1) is 20.3. The van der Waals surface area contributed by atoms with Crippen molar-refractivity contribution in [3.63, 3.8) is 0 Å². The Bertz CT molecular complexity index is 995. The molecule has 0 saturated heterocycles. The minimum Gasteiger partial charge on any atom is -0.488 e. The van der Waals surface area contributed by atoms with Crippen LogP contribution in [0.2, 0.25) is 0 Å². The Kier molecular flexibility index (Phi) is 5.98. The Hall–Kier alpha value is -2.48. The molecule has 0 aliphatic heterocycles. The van der Waals surface area contributed by atoms with Crippen molar-refractivity contribution in [3.8, 4) is 5.75 Å². The van der Waals surface area contributed by atoms with E-state index in [0.29, 0.717) is 16.7 Å². The van der Waals surface area contributed by atoms with Crippen LogP contribution in [-0.4, -0.2) is 12.6 Å². The van der Waals surface area contributed by atoms with Crippen LogP contribution in [-0.2, 0) is 28.7 Å². The number of furan rings is 1. The third-order valence-corrected chi connectivity index (χ3v) is 4.53. The van der Waals surface area contributed by atoms with Gasteiger partial charge in [-0.1, -0.05) is 22.0 Å². The minimum atomic E-state index is -4.52. The lowest BCUT2D eigenvalue weighted by atomic mass is 10.1. The Morgan fingerprint density at radius 1 is 1.14 bits per heavy atom. The summed E-state index contributed by atoms with van der Waals surface area (Å²) in [5, 5.41) is 0.785. The number of rotatable bonds is 6. The van der Waals surface area contributed by atoms with Gasteiger partial charge in [0.05, 0.1) is 24.9 Å². The molecule has 1 aromatic heterocycles. The molecule has 0 N–H and O–H groups in total. The minimum absolute atomic E-state index is 0.0133. The lowest BCUT2D eigenvalue weighted by molar-refractivity contribution is -0.142. The maximum atomic E-state index is 13.1. The summed E-state index contributed by atoms with van der Waals surface area (Å²) in [5.74, 6) is -0.558. The Labute approximate surface area is 167 Å². The maximum absolute atomic E-state index is 13.1. The van der Waals surface area contributed by atoms with Gasteiger partial charge < -0.3 is 13.9 Å². The van der Waals surface area contributed by atoms with E-state index in [4.69, 9.17) is 13.9 Å². The number of carbonyl (C=O) groups excluding carboxylic acids is 1. The molecular weight excluding hydrogens is 441 g/mol. The topological polar surface area (TPSA) is 48.7 Å². The molecule has 0 fully saturated rings. The largest absolute Gasteiger partial charge is 0.488 e. The quantitative estimate of drug-likeness (QED) is 0.433. The molecule has 1 heterocycles. The summed E-state index contributed by atoms with van der Waals surface area (Å²) >= 11 is 3.37. The second-order valence-electron chi connectivity index (χ2n) is 5.99. The molecule has 0 radical (unpaired) electrons. The number of esters is 1. The summed E-state index contributed by atoms with van der Waals surface area (Å²) < 4.78 is 56.1. The van der Waals surface area contributed by atoms with Crippen LogP contribution in [0.1, 0.15) is 23.6 Å². The molecule has 0 aliphatic carbocycles. The van der Waals surface area contributed by atoms with E-state index < -0.39 is 17.7 Å². The van der Waals surface area contributed by atoms with Gasteiger partial charge >= 0.3 is 12.1 Å². The summed E-state index contributed by atoms with van der Waals surface area (Å²) in [5.41, 5.74) is 0.781. The van der Waals surface area contributed by atoms with Crippen molar-refractivity contribution in [3.05, 3.63) is 63.8 Å². The second-order valence-corrected chi connectivity index (χ2v) is 6.91. The van der Waals surface area contributed by atoms with Gasteiger partial charge in [0, 0.05) is 21.0 Å². The van der Waals surface area contributed by atoms with Gasteiger partial charge in [0.15, 0.2) is 0 Å². The smallest absolute Gasteiger partial charge is 0.416 e.